The van der Waals surface area contributed by atoms with Crippen molar-refractivity contribution in [2.45, 2.75) is 19.1 Å². The number of ether oxygens (including phenoxy) is 4. The molecule has 1 aromatic carbocycles. The fraction of sp³-hybridized carbons (Fsp3) is 0.500. The number of methoxy groups -OCH3 is 3. The van der Waals surface area contributed by atoms with Gasteiger partial charge in [0.15, 0.2) is 0 Å². The molecule has 0 aliphatic heterocycles. The van der Waals surface area contributed by atoms with E-state index in [2.05, 4.69) is 4.74 Å². The number of nitrogens with two attached hydrogens (primary N) is 1. The van der Waals surface area contributed by atoms with Crippen molar-refractivity contribution in [3.63, 3.8) is 0 Å². The second-order valence-electron chi connectivity index (χ2n) is 4.13. The van der Waals surface area contributed by atoms with Crippen molar-refractivity contribution in [1.29, 1.82) is 0 Å². The van der Waals surface area contributed by atoms with Gasteiger partial charge in [-0.3, -0.25) is 0 Å². The highest BCUT2D eigenvalue weighted by atomic mass is 35.5. The molecule has 0 saturated carbocycles. The summed E-state index contributed by atoms with van der Waals surface area (Å²) in [6.45, 7) is 1.66. The van der Waals surface area contributed by atoms with Crippen LogP contribution in [0.4, 0.5) is 4.39 Å². The molecule has 0 amide bonds. The second-order valence-corrected chi connectivity index (χ2v) is 4.13. The standard InChI is InChI=1S/C14H20FNO5.ClH/c1-5-21-14(17)12(15)13(16)11-9(19-3)6-8(18-2)7-10(11)20-4;/h6-7,12-13H,5,16H2,1-4H3;1H/t12?,13-;/m1./s1. The zero-order valence-electron chi connectivity index (χ0n) is 12.9. The van der Waals surface area contributed by atoms with Crippen molar-refractivity contribution in [3.8, 4) is 17.2 Å². The van der Waals surface area contributed by atoms with Gasteiger partial charge in [0.05, 0.1) is 39.5 Å². The van der Waals surface area contributed by atoms with Gasteiger partial charge < -0.3 is 24.7 Å². The summed E-state index contributed by atoms with van der Waals surface area (Å²) in [7, 11) is 4.29. The van der Waals surface area contributed by atoms with E-state index in [-0.39, 0.29) is 36.1 Å². The molecule has 1 aromatic rings. The second kappa shape index (κ2) is 9.32. The van der Waals surface area contributed by atoms with Gasteiger partial charge in [-0.15, -0.1) is 12.4 Å². The molecule has 1 unspecified atom stereocenters. The van der Waals surface area contributed by atoms with E-state index in [1.165, 1.54) is 33.5 Å². The van der Waals surface area contributed by atoms with E-state index in [9.17, 15) is 9.18 Å². The summed E-state index contributed by atoms with van der Waals surface area (Å²) in [5.41, 5.74) is 6.07. The number of halogens is 2. The maximum Gasteiger partial charge on any atom is 0.342 e. The van der Waals surface area contributed by atoms with Crippen LogP contribution in [0.3, 0.4) is 0 Å². The van der Waals surface area contributed by atoms with Crippen LogP contribution in [0, 0.1) is 0 Å². The molecule has 2 atom stereocenters. The van der Waals surface area contributed by atoms with Crippen LogP contribution in [0.15, 0.2) is 12.1 Å². The molecule has 1 rings (SSSR count). The van der Waals surface area contributed by atoms with Gasteiger partial charge in [0.1, 0.15) is 17.2 Å². The summed E-state index contributed by atoms with van der Waals surface area (Å²) in [6, 6.07) is 1.80. The summed E-state index contributed by atoms with van der Waals surface area (Å²) >= 11 is 0. The van der Waals surface area contributed by atoms with Crippen molar-refractivity contribution in [1.82, 2.24) is 0 Å². The molecule has 22 heavy (non-hydrogen) atoms. The van der Waals surface area contributed by atoms with Crippen molar-refractivity contribution in [3.05, 3.63) is 17.7 Å². The minimum Gasteiger partial charge on any atom is -0.496 e. The molecule has 0 aliphatic carbocycles. The Morgan fingerprint density at radius 3 is 2.05 bits per heavy atom. The lowest BCUT2D eigenvalue weighted by Crippen LogP contribution is -2.32. The zero-order valence-corrected chi connectivity index (χ0v) is 13.7. The van der Waals surface area contributed by atoms with Crippen LogP contribution in [-0.2, 0) is 9.53 Å². The van der Waals surface area contributed by atoms with Crippen LogP contribution in [0.2, 0.25) is 0 Å². The Kier molecular flexibility index (Phi) is 8.59. The average molecular weight is 338 g/mol. The fourth-order valence-electron chi connectivity index (χ4n) is 1.88. The summed E-state index contributed by atoms with van der Waals surface area (Å²) in [6.07, 6.45) is -2.03. The molecule has 8 heteroatoms. The van der Waals surface area contributed by atoms with Crippen LogP contribution < -0.4 is 19.9 Å². The molecule has 0 spiro atoms. The maximum absolute atomic E-state index is 14.1. The van der Waals surface area contributed by atoms with Gasteiger partial charge in [-0.1, -0.05) is 0 Å². The van der Waals surface area contributed by atoms with Gasteiger partial charge in [-0.25, -0.2) is 9.18 Å². The van der Waals surface area contributed by atoms with Crippen LogP contribution in [0.5, 0.6) is 17.2 Å². The number of esters is 1. The molecule has 0 bridgehead atoms. The Labute approximate surface area is 135 Å². The van der Waals surface area contributed by atoms with Crippen LogP contribution in [0.1, 0.15) is 18.5 Å². The average Bonchev–Trinajstić information content (AvgIpc) is 2.51. The molecule has 2 N–H and O–H groups in total. The van der Waals surface area contributed by atoms with Gasteiger partial charge in [-0.2, -0.15) is 0 Å². The molecule has 0 aliphatic rings. The first-order valence-electron chi connectivity index (χ1n) is 6.36. The Morgan fingerprint density at radius 2 is 1.68 bits per heavy atom. The number of benzene rings is 1. The lowest BCUT2D eigenvalue weighted by Gasteiger charge is -2.21. The van der Waals surface area contributed by atoms with Gasteiger partial charge >= 0.3 is 5.97 Å². The van der Waals surface area contributed by atoms with Crippen molar-refractivity contribution >= 4 is 18.4 Å². The fourth-order valence-corrected chi connectivity index (χ4v) is 1.88. The predicted octanol–water partition coefficient (Wildman–Crippen LogP) is 2.04. The molecule has 6 nitrogen and oxygen atoms in total. The van der Waals surface area contributed by atoms with Crippen molar-refractivity contribution in [2.75, 3.05) is 27.9 Å². The number of hydrogen-bond acceptors (Lipinski definition) is 6. The summed E-state index contributed by atoms with van der Waals surface area (Å²) in [5, 5.41) is 0. The largest absolute Gasteiger partial charge is 0.496 e. The minimum atomic E-state index is -2.03. The maximum atomic E-state index is 14.1. The quantitative estimate of drug-likeness (QED) is 0.767. The third-order valence-electron chi connectivity index (χ3n) is 2.91. The molecule has 0 heterocycles. The van der Waals surface area contributed by atoms with E-state index in [1.807, 2.05) is 0 Å². The van der Waals surface area contributed by atoms with Crippen LogP contribution >= 0.6 is 12.4 Å². The first kappa shape index (κ1) is 20.3. The lowest BCUT2D eigenvalue weighted by atomic mass is 10.0. The Hall–Kier alpha value is -1.73. The van der Waals surface area contributed by atoms with Gasteiger partial charge in [0.25, 0.3) is 0 Å². The van der Waals surface area contributed by atoms with E-state index >= 15 is 0 Å². The highest BCUT2D eigenvalue weighted by Gasteiger charge is 2.32. The molecule has 0 fully saturated rings. The smallest absolute Gasteiger partial charge is 0.342 e. The summed E-state index contributed by atoms with van der Waals surface area (Å²) < 4.78 is 34.2. The molecule has 126 valence electrons. The first-order valence-corrected chi connectivity index (χ1v) is 6.36. The SMILES string of the molecule is CCOC(=O)C(F)[C@H](N)c1c(OC)cc(OC)cc1OC.Cl. The minimum absolute atomic E-state index is 0. The van der Waals surface area contributed by atoms with E-state index in [1.54, 1.807) is 6.92 Å². The topological polar surface area (TPSA) is 80.0 Å². The Morgan fingerprint density at radius 1 is 1.18 bits per heavy atom. The van der Waals surface area contributed by atoms with Crippen molar-refractivity contribution in [2.24, 2.45) is 5.73 Å². The predicted molar refractivity (Wildman–Crippen MR) is 81.8 cm³/mol. The van der Waals surface area contributed by atoms with Gasteiger partial charge in [-0.05, 0) is 6.92 Å². The molecule has 0 saturated heterocycles. The number of hydrogen-bond donors (Lipinski definition) is 1. The third-order valence-corrected chi connectivity index (χ3v) is 2.91. The molecular formula is C14H21ClFNO5. The van der Waals surface area contributed by atoms with E-state index in [4.69, 9.17) is 19.9 Å². The van der Waals surface area contributed by atoms with E-state index < -0.39 is 18.2 Å². The van der Waals surface area contributed by atoms with Gasteiger partial charge in [0.2, 0.25) is 6.17 Å². The van der Waals surface area contributed by atoms with Crippen molar-refractivity contribution < 1.29 is 28.1 Å². The normalized spacial score (nSPS) is 12.6. The molecular weight excluding hydrogens is 317 g/mol. The number of carbonyl (C=O) groups excluding carboxylic acids is 1. The first-order chi connectivity index (χ1) is 9.99. The Balaban J connectivity index is 0.00000441. The lowest BCUT2D eigenvalue weighted by molar-refractivity contribution is -0.149. The van der Waals surface area contributed by atoms with Crippen LogP contribution in [0.25, 0.3) is 0 Å². The number of alkyl halides is 1. The van der Waals surface area contributed by atoms with Gasteiger partial charge in [0, 0.05) is 12.1 Å². The zero-order chi connectivity index (χ0) is 16.0. The Bertz CT molecular complexity index is 475. The van der Waals surface area contributed by atoms with Crippen LogP contribution in [-0.4, -0.2) is 40.1 Å². The highest BCUT2D eigenvalue weighted by molar-refractivity contribution is 5.85. The summed E-state index contributed by atoms with van der Waals surface area (Å²) in [5.74, 6) is -0.0209. The summed E-state index contributed by atoms with van der Waals surface area (Å²) in [4.78, 5) is 11.5. The molecule has 0 aromatic heterocycles. The number of carbonyl (C=O) groups is 1. The van der Waals surface area contributed by atoms with E-state index in [0.29, 0.717) is 5.75 Å². The molecule has 0 radical (unpaired) electrons. The number of rotatable bonds is 7. The highest BCUT2D eigenvalue weighted by Crippen LogP contribution is 2.39. The van der Waals surface area contributed by atoms with E-state index in [0.717, 1.165) is 0 Å². The monoisotopic (exact) mass is 337 g/mol. The third kappa shape index (κ3) is 4.38.